The number of benzene rings is 1. The largest absolute Gasteiger partial charge is 0.335 e. The molecule has 2 heterocycles. The van der Waals surface area contributed by atoms with Gasteiger partial charge in [-0.25, -0.2) is 0 Å². The molecule has 3 rings (SSSR count). The normalized spacial score (nSPS) is 23.3. The van der Waals surface area contributed by atoms with E-state index < -0.39 is 0 Å². The summed E-state index contributed by atoms with van der Waals surface area (Å²) < 4.78 is 3.08. The van der Waals surface area contributed by atoms with E-state index in [2.05, 4.69) is 64.8 Å². The van der Waals surface area contributed by atoms with Crippen LogP contribution in [0.4, 0.5) is 0 Å². The Morgan fingerprint density at radius 1 is 1.30 bits per heavy atom. The molecule has 106 valence electrons. The van der Waals surface area contributed by atoms with Crippen LogP contribution in [0.2, 0.25) is 0 Å². The molecule has 0 radical (unpaired) electrons. The fourth-order valence-electron chi connectivity index (χ4n) is 3.18. The first-order chi connectivity index (χ1) is 9.65. The van der Waals surface area contributed by atoms with Gasteiger partial charge in [0.25, 0.3) is 0 Å². The van der Waals surface area contributed by atoms with E-state index in [-0.39, 0.29) is 0 Å². The monoisotopic (exact) mass is 287 g/mol. The maximum Gasteiger partial charge on any atom is 0.177 e. The average molecular weight is 287 g/mol. The summed E-state index contributed by atoms with van der Waals surface area (Å²) in [6.45, 7) is 6.53. The molecule has 0 spiro atoms. The van der Waals surface area contributed by atoms with E-state index in [0.717, 1.165) is 23.6 Å². The molecule has 1 fully saturated rings. The van der Waals surface area contributed by atoms with E-state index in [1.54, 1.807) is 0 Å². The van der Waals surface area contributed by atoms with Crippen LogP contribution in [0.3, 0.4) is 0 Å². The molecule has 1 saturated heterocycles. The summed E-state index contributed by atoms with van der Waals surface area (Å²) in [5.41, 5.74) is 2.53. The summed E-state index contributed by atoms with van der Waals surface area (Å²) in [7, 11) is 0. The maximum absolute atomic E-state index is 5.42. The van der Waals surface area contributed by atoms with Gasteiger partial charge in [-0.15, -0.1) is 0 Å². The smallest absolute Gasteiger partial charge is 0.177 e. The van der Waals surface area contributed by atoms with E-state index in [9.17, 15) is 0 Å². The standard InChI is InChI=1S/C16H21N3S/c1-12-10-19(16(20)17-12)15-8-9-18(13(15)2)11-14-6-4-3-5-7-14/h3-7,10,13,15H,8-9,11H2,1-2H3,(H,17,20). The highest BCUT2D eigenvalue weighted by atomic mass is 32.1. The Hall–Kier alpha value is -1.39. The van der Waals surface area contributed by atoms with Crippen molar-refractivity contribution in [3.8, 4) is 0 Å². The lowest BCUT2D eigenvalue weighted by atomic mass is 10.1. The molecule has 1 aliphatic rings. The SMILES string of the molecule is Cc1cn(C2CCN(Cc3ccccc3)C2C)c(=S)[nH]1. The van der Waals surface area contributed by atoms with Crippen molar-refractivity contribution in [2.75, 3.05) is 6.54 Å². The van der Waals surface area contributed by atoms with E-state index in [1.165, 1.54) is 12.0 Å². The molecule has 1 aromatic heterocycles. The number of aryl methyl sites for hydroxylation is 1. The number of hydrogen-bond acceptors (Lipinski definition) is 2. The lowest BCUT2D eigenvalue weighted by molar-refractivity contribution is 0.233. The second-order valence-electron chi connectivity index (χ2n) is 5.70. The van der Waals surface area contributed by atoms with Gasteiger partial charge in [0, 0.05) is 31.0 Å². The van der Waals surface area contributed by atoms with E-state index in [1.807, 2.05) is 0 Å². The predicted molar refractivity (Wildman–Crippen MR) is 84.3 cm³/mol. The first kappa shape index (κ1) is 13.6. The van der Waals surface area contributed by atoms with Gasteiger partial charge in [-0.2, -0.15) is 0 Å². The van der Waals surface area contributed by atoms with Gasteiger partial charge in [0.1, 0.15) is 0 Å². The highest BCUT2D eigenvalue weighted by molar-refractivity contribution is 7.71. The number of aromatic amines is 1. The summed E-state index contributed by atoms with van der Waals surface area (Å²) in [6, 6.07) is 11.7. The third-order valence-electron chi connectivity index (χ3n) is 4.30. The number of likely N-dealkylation sites (tertiary alicyclic amines) is 1. The van der Waals surface area contributed by atoms with Crippen LogP contribution in [0.15, 0.2) is 36.5 Å². The first-order valence-corrected chi connectivity index (χ1v) is 7.61. The lowest BCUT2D eigenvalue weighted by Crippen LogP contribution is -2.30. The van der Waals surface area contributed by atoms with Crippen LogP contribution in [0, 0.1) is 11.7 Å². The van der Waals surface area contributed by atoms with E-state index in [4.69, 9.17) is 12.2 Å². The maximum atomic E-state index is 5.42. The first-order valence-electron chi connectivity index (χ1n) is 7.21. The van der Waals surface area contributed by atoms with Crippen LogP contribution < -0.4 is 0 Å². The van der Waals surface area contributed by atoms with Crippen LogP contribution in [-0.4, -0.2) is 27.0 Å². The number of nitrogens with one attached hydrogen (secondary N) is 1. The van der Waals surface area contributed by atoms with Gasteiger partial charge in [-0.05, 0) is 38.0 Å². The molecule has 1 N–H and O–H groups in total. The van der Waals surface area contributed by atoms with Crippen LogP contribution in [0.5, 0.6) is 0 Å². The van der Waals surface area contributed by atoms with Crippen molar-refractivity contribution in [1.29, 1.82) is 0 Å². The highest BCUT2D eigenvalue weighted by Gasteiger charge is 2.32. The fourth-order valence-corrected chi connectivity index (χ4v) is 3.53. The third-order valence-corrected chi connectivity index (χ3v) is 4.61. The van der Waals surface area contributed by atoms with Crippen molar-refractivity contribution in [3.63, 3.8) is 0 Å². The van der Waals surface area contributed by atoms with Gasteiger partial charge < -0.3 is 9.55 Å². The number of imidazole rings is 1. The van der Waals surface area contributed by atoms with Crippen molar-refractivity contribution >= 4 is 12.2 Å². The number of rotatable bonds is 3. The number of H-pyrrole nitrogens is 1. The molecule has 2 aromatic rings. The predicted octanol–water partition coefficient (Wildman–Crippen LogP) is 3.69. The van der Waals surface area contributed by atoms with Gasteiger partial charge in [0.2, 0.25) is 0 Å². The number of hydrogen-bond donors (Lipinski definition) is 1. The molecule has 0 aliphatic carbocycles. The summed E-state index contributed by atoms with van der Waals surface area (Å²) >= 11 is 5.42. The molecular formula is C16H21N3S. The van der Waals surface area contributed by atoms with Crippen molar-refractivity contribution in [2.24, 2.45) is 0 Å². The summed E-state index contributed by atoms with van der Waals surface area (Å²) in [6.07, 6.45) is 3.31. The zero-order valence-electron chi connectivity index (χ0n) is 12.0. The Morgan fingerprint density at radius 2 is 2.05 bits per heavy atom. The second-order valence-corrected chi connectivity index (χ2v) is 6.09. The lowest BCUT2D eigenvalue weighted by Gasteiger charge is -2.25. The number of aromatic nitrogens is 2. The van der Waals surface area contributed by atoms with Crippen molar-refractivity contribution in [2.45, 2.75) is 38.9 Å². The molecule has 4 heteroatoms. The third kappa shape index (κ3) is 2.58. The Balaban J connectivity index is 1.76. The van der Waals surface area contributed by atoms with Crippen molar-refractivity contribution < 1.29 is 0 Å². The van der Waals surface area contributed by atoms with Crippen molar-refractivity contribution in [1.82, 2.24) is 14.5 Å². The zero-order valence-corrected chi connectivity index (χ0v) is 12.9. The molecule has 1 aromatic carbocycles. The topological polar surface area (TPSA) is 24.0 Å². The molecule has 0 saturated carbocycles. The van der Waals surface area contributed by atoms with Gasteiger partial charge >= 0.3 is 0 Å². The van der Waals surface area contributed by atoms with Gasteiger partial charge in [0.15, 0.2) is 4.77 Å². The minimum absolute atomic E-state index is 0.483. The van der Waals surface area contributed by atoms with Gasteiger partial charge in [-0.3, -0.25) is 4.90 Å². The molecular weight excluding hydrogens is 266 g/mol. The molecule has 2 atom stereocenters. The highest BCUT2D eigenvalue weighted by Crippen LogP contribution is 2.30. The minimum Gasteiger partial charge on any atom is -0.335 e. The van der Waals surface area contributed by atoms with Crippen LogP contribution in [0.1, 0.15) is 30.6 Å². The molecule has 1 aliphatic heterocycles. The van der Waals surface area contributed by atoms with Crippen LogP contribution in [0.25, 0.3) is 0 Å². The number of nitrogens with zero attached hydrogens (tertiary/aromatic N) is 2. The van der Waals surface area contributed by atoms with Gasteiger partial charge in [0.05, 0.1) is 6.04 Å². The summed E-state index contributed by atoms with van der Waals surface area (Å²) in [5, 5.41) is 0. The van der Waals surface area contributed by atoms with E-state index in [0.29, 0.717) is 12.1 Å². The Labute approximate surface area is 125 Å². The molecule has 0 bridgehead atoms. The van der Waals surface area contributed by atoms with Crippen molar-refractivity contribution in [3.05, 3.63) is 52.6 Å². The minimum atomic E-state index is 0.483. The average Bonchev–Trinajstić information content (AvgIpc) is 2.94. The van der Waals surface area contributed by atoms with Crippen LogP contribution in [-0.2, 0) is 6.54 Å². The Kier molecular flexibility index (Phi) is 3.76. The zero-order chi connectivity index (χ0) is 14.1. The van der Waals surface area contributed by atoms with E-state index >= 15 is 0 Å². The quantitative estimate of drug-likeness (QED) is 0.871. The fraction of sp³-hybridized carbons (Fsp3) is 0.438. The Morgan fingerprint density at radius 3 is 2.70 bits per heavy atom. The van der Waals surface area contributed by atoms with Gasteiger partial charge in [-0.1, -0.05) is 30.3 Å². The Bertz CT molecular complexity index is 629. The van der Waals surface area contributed by atoms with Crippen LogP contribution >= 0.6 is 12.2 Å². The molecule has 3 nitrogen and oxygen atoms in total. The molecule has 20 heavy (non-hydrogen) atoms. The summed E-state index contributed by atoms with van der Waals surface area (Å²) in [4.78, 5) is 5.77. The summed E-state index contributed by atoms with van der Waals surface area (Å²) in [5.74, 6) is 0. The molecule has 0 amide bonds. The second kappa shape index (κ2) is 5.54. The molecule has 2 unspecified atom stereocenters.